The molecule has 1 fully saturated rings. The normalized spacial score (nSPS) is 18.7. The van der Waals surface area contributed by atoms with Gasteiger partial charge in [-0.05, 0) is 37.8 Å². The summed E-state index contributed by atoms with van der Waals surface area (Å²) >= 11 is 0. The fourth-order valence-electron chi connectivity index (χ4n) is 2.65. The molecule has 1 heterocycles. The Hall–Kier alpha value is -1.03. The summed E-state index contributed by atoms with van der Waals surface area (Å²) in [5.74, 6) is -0.502. The lowest BCUT2D eigenvalue weighted by Gasteiger charge is -2.33. The summed E-state index contributed by atoms with van der Waals surface area (Å²) in [5, 5.41) is 0. The van der Waals surface area contributed by atoms with Crippen LogP contribution < -0.4 is 10.5 Å². The van der Waals surface area contributed by atoms with Crippen molar-refractivity contribution < 1.29 is 26.3 Å². The van der Waals surface area contributed by atoms with Gasteiger partial charge in [-0.15, -0.1) is 25.6 Å². The van der Waals surface area contributed by atoms with Gasteiger partial charge in [-0.3, -0.25) is 0 Å². The predicted molar refractivity (Wildman–Crippen MR) is 85.5 cm³/mol. The first kappa shape index (κ1) is 21.0. The van der Waals surface area contributed by atoms with Crippen molar-refractivity contribution in [2.75, 3.05) is 13.1 Å². The maximum Gasteiger partial charge on any atom is 0.573 e. The van der Waals surface area contributed by atoms with Crippen LogP contribution >= 0.6 is 12.4 Å². The number of nitrogens with two attached hydrogens (primary N) is 1. The molecule has 1 atom stereocenters. The van der Waals surface area contributed by atoms with Crippen molar-refractivity contribution in [2.24, 2.45) is 11.7 Å². The van der Waals surface area contributed by atoms with E-state index >= 15 is 0 Å². The molecular weight excluding hydrogens is 369 g/mol. The lowest BCUT2D eigenvalue weighted by molar-refractivity contribution is -0.275. The topological polar surface area (TPSA) is 72.6 Å². The second-order valence-corrected chi connectivity index (χ2v) is 7.50. The Kier molecular flexibility index (Phi) is 6.92. The lowest BCUT2D eigenvalue weighted by Crippen LogP contribution is -2.42. The summed E-state index contributed by atoms with van der Waals surface area (Å²) < 4.78 is 67.6. The number of para-hydroxylation sites is 1. The summed E-state index contributed by atoms with van der Waals surface area (Å²) in [5.41, 5.74) is 5.81. The molecule has 0 aromatic heterocycles. The van der Waals surface area contributed by atoms with Crippen LogP contribution in [0.15, 0.2) is 29.2 Å². The molecule has 138 valence electrons. The van der Waals surface area contributed by atoms with Crippen LogP contribution in [-0.4, -0.2) is 38.2 Å². The number of benzene rings is 1. The maximum absolute atomic E-state index is 12.6. The first-order chi connectivity index (χ1) is 10.6. The Morgan fingerprint density at radius 2 is 1.79 bits per heavy atom. The van der Waals surface area contributed by atoms with Crippen molar-refractivity contribution in [3.8, 4) is 5.75 Å². The number of alkyl halides is 3. The molecule has 2 N–H and O–H groups in total. The number of hydrogen-bond acceptors (Lipinski definition) is 4. The Bertz CT molecular complexity index is 645. The van der Waals surface area contributed by atoms with Crippen LogP contribution in [0.5, 0.6) is 5.75 Å². The van der Waals surface area contributed by atoms with E-state index in [-0.39, 0.29) is 37.5 Å². The minimum atomic E-state index is -4.95. The zero-order valence-corrected chi connectivity index (χ0v) is 14.6. The molecule has 1 aliphatic rings. The van der Waals surface area contributed by atoms with E-state index in [1.165, 1.54) is 16.4 Å². The van der Waals surface area contributed by atoms with Gasteiger partial charge in [0.05, 0.1) is 0 Å². The van der Waals surface area contributed by atoms with Crippen LogP contribution in [-0.2, 0) is 10.0 Å². The van der Waals surface area contributed by atoms with E-state index in [4.69, 9.17) is 5.73 Å². The van der Waals surface area contributed by atoms with Crippen molar-refractivity contribution in [3.05, 3.63) is 24.3 Å². The zero-order valence-electron chi connectivity index (χ0n) is 13.0. The van der Waals surface area contributed by atoms with Crippen molar-refractivity contribution in [1.29, 1.82) is 0 Å². The van der Waals surface area contributed by atoms with Crippen molar-refractivity contribution in [2.45, 2.75) is 37.1 Å². The third-order valence-corrected chi connectivity index (χ3v) is 5.87. The SMILES string of the molecule is CC(N)C1CCN(S(=O)(=O)c2ccccc2OC(F)(F)F)CC1.Cl. The van der Waals surface area contributed by atoms with Gasteiger partial charge in [-0.1, -0.05) is 12.1 Å². The van der Waals surface area contributed by atoms with E-state index < -0.39 is 27.0 Å². The van der Waals surface area contributed by atoms with Crippen LogP contribution in [0.4, 0.5) is 13.2 Å². The molecule has 0 spiro atoms. The van der Waals surface area contributed by atoms with Gasteiger partial charge in [0.25, 0.3) is 0 Å². The molecule has 0 bridgehead atoms. The van der Waals surface area contributed by atoms with E-state index in [1.54, 1.807) is 0 Å². The number of piperidine rings is 1. The van der Waals surface area contributed by atoms with Crippen LogP contribution in [0.25, 0.3) is 0 Å². The Morgan fingerprint density at radius 1 is 1.25 bits per heavy atom. The summed E-state index contributed by atoms with van der Waals surface area (Å²) in [6, 6.07) is 4.73. The molecule has 0 amide bonds. The number of nitrogens with zero attached hydrogens (tertiary/aromatic N) is 1. The van der Waals surface area contributed by atoms with Gasteiger partial charge in [0, 0.05) is 19.1 Å². The number of ether oxygens (including phenoxy) is 1. The molecule has 24 heavy (non-hydrogen) atoms. The number of halogens is 4. The van der Waals surface area contributed by atoms with Crippen molar-refractivity contribution in [1.82, 2.24) is 4.31 Å². The summed E-state index contributed by atoms with van der Waals surface area (Å²) in [6.45, 7) is 2.32. The minimum Gasteiger partial charge on any atom is -0.404 e. The first-order valence-electron chi connectivity index (χ1n) is 7.22. The molecule has 10 heteroatoms. The summed E-state index contributed by atoms with van der Waals surface area (Å²) in [7, 11) is -4.05. The molecule has 5 nitrogen and oxygen atoms in total. The molecular formula is C14H20ClF3N2O3S. The highest BCUT2D eigenvalue weighted by atomic mass is 35.5. The molecule has 1 aliphatic heterocycles. The standard InChI is InChI=1S/C14H19F3N2O3S.ClH/c1-10(18)11-6-8-19(9-7-11)23(20,21)13-5-3-2-4-12(13)22-14(15,16)17;/h2-5,10-11H,6-9,18H2,1H3;1H. The second-order valence-electron chi connectivity index (χ2n) is 5.60. The fourth-order valence-corrected chi connectivity index (χ4v) is 4.24. The number of rotatable bonds is 4. The highest BCUT2D eigenvalue weighted by molar-refractivity contribution is 7.89. The van der Waals surface area contributed by atoms with Crippen LogP contribution in [0, 0.1) is 5.92 Å². The highest BCUT2D eigenvalue weighted by Crippen LogP contribution is 2.33. The Balaban J connectivity index is 0.00000288. The number of hydrogen-bond donors (Lipinski definition) is 1. The smallest absolute Gasteiger partial charge is 0.404 e. The van der Waals surface area contributed by atoms with Gasteiger partial charge in [0.2, 0.25) is 10.0 Å². The Labute approximate surface area is 145 Å². The van der Waals surface area contributed by atoms with E-state index in [1.807, 2.05) is 6.92 Å². The average molecular weight is 389 g/mol. The minimum absolute atomic E-state index is 0. The van der Waals surface area contributed by atoms with Crippen LogP contribution in [0.2, 0.25) is 0 Å². The molecule has 0 aliphatic carbocycles. The van der Waals surface area contributed by atoms with Crippen LogP contribution in [0.3, 0.4) is 0 Å². The summed E-state index contributed by atoms with van der Waals surface area (Å²) in [4.78, 5) is -0.475. The molecule has 1 unspecified atom stereocenters. The van der Waals surface area contributed by atoms with Gasteiger partial charge in [0.1, 0.15) is 10.6 Å². The van der Waals surface area contributed by atoms with E-state index in [0.717, 1.165) is 12.1 Å². The third kappa shape index (κ3) is 4.98. The highest BCUT2D eigenvalue weighted by Gasteiger charge is 2.36. The molecule has 0 saturated carbocycles. The average Bonchev–Trinajstić information content (AvgIpc) is 2.46. The monoisotopic (exact) mass is 388 g/mol. The fraction of sp³-hybridized carbons (Fsp3) is 0.571. The third-order valence-electron chi connectivity index (χ3n) is 3.93. The predicted octanol–water partition coefficient (Wildman–Crippen LogP) is 2.75. The van der Waals surface area contributed by atoms with Gasteiger partial charge < -0.3 is 10.5 Å². The largest absolute Gasteiger partial charge is 0.573 e. The van der Waals surface area contributed by atoms with Crippen molar-refractivity contribution in [3.63, 3.8) is 0 Å². The van der Waals surface area contributed by atoms with Gasteiger partial charge in [-0.25, -0.2) is 8.42 Å². The van der Waals surface area contributed by atoms with Crippen LogP contribution in [0.1, 0.15) is 19.8 Å². The van der Waals surface area contributed by atoms with Gasteiger partial charge >= 0.3 is 6.36 Å². The summed E-state index contributed by atoms with van der Waals surface area (Å²) in [6.07, 6.45) is -3.79. The molecule has 1 saturated heterocycles. The molecule has 2 rings (SSSR count). The Morgan fingerprint density at radius 3 is 2.29 bits per heavy atom. The maximum atomic E-state index is 12.6. The second kappa shape index (κ2) is 7.90. The molecule has 1 aromatic carbocycles. The van der Waals surface area contributed by atoms with Gasteiger partial charge in [0.15, 0.2) is 0 Å². The van der Waals surface area contributed by atoms with E-state index in [2.05, 4.69) is 4.74 Å². The van der Waals surface area contributed by atoms with E-state index in [0.29, 0.717) is 12.8 Å². The number of sulfonamides is 1. The van der Waals surface area contributed by atoms with Crippen molar-refractivity contribution >= 4 is 22.4 Å². The zero-order chi connectivity index (χ0) is 17.3. The quantitative estimate of drug-likeness (QED) is 0.860. The van der Waals surface area contributed by atoms with Gasteiger partial charge in [-0.2, -0.15) is 4.31 Å². The molecule has 0 radical (unpaired) electrons. The molecule has 1 aromatic rings. The first-order valence-corrected chi connectivity index (χ1v) is 8.66. The van der Waals surface area contributed by atoms with E-state index in [9.17, 15) is 21.6 Å². The lowest BCUT2D eigenvalue weighted by atomic mass is 9.92.